The molecule has 1 saturated heterocycles. The van der Waals surface area contributed by atoms with Gasteiger partial charge in [0, 0.05) is 19.1 Å². The maximum absolute atomic E-state index is 11.9. The number of nitrogens with zero attached hydrogens (tertiary/aromatic N) is 2. The number of likely N-dealkylation sites (tertiary alicyclic amines) is 1. The Hall–Kier alpha value is -1.26. The molecule has 86 valence electrons. The zero-order chi connectivity index (χ0) is 11.4. The van der Waals surface area contributed by atoms with Crippen LogP contribution in [0.4, 0.5) is 9.59 Å². The normalized spacial score (nSPS) is 16.6. The van der Waals surface area contributed by atoms with Crippen LogP contribution in [0.5, 0.6) is 0 Å². The van der Waals surface area contributed by atoms with E-state index < -0.39 is 6.09 Å². The Morgan fingerprint density at radius 3 is 2.13 bits per heavy atom. The molecule has 3 amide bonds. The summed E-state index contributed by atoms with van der Waals surface area (Å²) in [5, 5.41) is 8.92. The first kappa shape index (κ1) is 11.8. The van der Waals surface area contributed by atoms with E-state index in [9.17, 15) is 9.59 Å². The number of imide groups is 1. The Balaban J connectivity index is 2.66. The monoisotopic (exact) mass is 214 g/mol. The van der Waals surface area contributed by atoms with Gasteiger partial charge in [0.05, 0.1) is 0 Å². The smallest absolute Gasteiger partial charge is 0.415 e. The summed E-state index contributed by atoms with van der Waals surface area (Å²) in [5.74, 6) is 0. The number of piperidine rings is 1. The highest BCUT2D eigenvalue weighted by atomic mass is 16.4. The number of hydrogen-bond donors (Lipinski definition) is 1. The van der Waals surface area contributed by atoms with Gasteiger partial charge in [-0.15, -0.1) is 0 Å². The van der Waals surface area contributed by atoms with E-state index in [4.69, 9.17) is 5.11 Å². The summed E-state index contributed by atoms with van der Waals surface area (Å²) in [5.41, 5.74) is 0. The lowest BCUT2D eigenvalue weighted by atomic mass is 10.1. The van der Waals surface area contributed by atoms with Gasteiger partial charge in [0.2, 0.25) is 0 Å². The molecule has 1 heterocycles. The Bertz CT molecular complexity index is 247. The van der Waals surface area contributed by atoms with Crippen molar-refractivity contribution in [1.82, 2.24) is 9.80 Å². The molecule has 0 aromatic heterocycles. The van der Waals surface area contributed by atoms with Gasteiger partial charge >= 0.3 is 12.1 Å². The second-order valence-electron chi connectivity index (χ2n) is 4.08. The van der Waals surface area contributed by atoms with Crippen molar-refractivity contribution < 1.29 is 14.7 Å². The summed E-state index contributed by atoms with van der Waals surface area (Å²) < 4.78 is 0. The number of hydrogen-bond acceptors (Lipinski definition) is 2. The summed E-state index contributed by atoms with van der Waals surface area (Å²) in [6.45, 7) is 4.76. The molecule has 5 heteroatoms. The van der Waals surface area contributed by atoms with Crippen LogP contribution in [0.15, 0.2) is 0 Å². The fourth-order valence-electron chi connectivity index (χ4n) is 1.76. The Morgan fingerprint density at radius 2 is 1.73 bits per heavy atom. The van der Waals surface area contributed by atoms with Gasteiger partial charge in [-0.05, 0) is 33.1 Å². The topological polar surface area (TPSA) is 60.9 Å². The van der Waals surface area contributed by atoms with Crippen molar-refractivity contribution in [3.05, 3.63) is 0 Å². The molecule has 0 bridgehead atoms. The average molecular weight is 214 g/mol. The van der Waals surface area contributed by atoms with Gasteiger partial charge in [0.1, 0.15) is 0 Å². The van der Waals surface area contributed by atoms with E-state index in [0.717, 1.165) is 24.2 Å². The molecule has 0 unspecified atom stereocenters. The molecular weight excluding hydrogens is 196 g/mol. The molecule has 15 heavy (non-hydrogen) atoms. The van der Waals surface area contributed by atoms with Crippen LogP contribution in [0.25, 0.3) is 0 Å². The first-order valence-electron chi connectivity index (χ1n) is 5.35. The van der Waals surface area contributed by atoms with Crippen LogP contribution in [0.2, 0.25) is 0 Å². The van der Waals surface area contributed by atoms with E-state index in [0.29, 0.717) is 13.1 Å². The number of amides is 3. The minimum atomic E-state index is -1.17. The first-order chi connectivity index (χ1) is 7.04. The number of urea groups is 1. The number of carboxylic acid groups (broad SMARTS) is 1. The van der Waals surface area contributed by atoms with Crippen LogP contribution in [-0.2, 0) is 0 Å². The SMILES string of the molecule is CC(C)N(C(=O)O)C(=O)N1CCCCC1. The summed E-state index contributed by atoms with van der Waals surface area (Å²) in [4.78, 5) is 25.3. The van der Waals surface area contributed by atoms with E-state index in [1.165, 1.54) is 0 Å². The molecule has 0 saturated carbocycles. The van der Waals surface area contributed by atoms with Crippen molar-refractivity contribution in [3.8, 4) is 0 Å². The third-order valence-electron chi connectivity index (χ3n) is 2.56. The zero-order valence-electron chi connectivity index (χ0n) is 9.27. The maximum atomic E-state index is 11.9. The Morgan fingerprint density at radius 1 is 1.20 bits per heavy atom. The molecule has 0 aliphatic carbocycles. The van der Waals surface area contributed by atoms with Crippen LogP contribution in [0.3, 0.4) is 0 Å². The fraction of sp³-hybridized carbons (Fsp3) is 0.800. The minimum absolute atomic E-state index is 0.308. The van der Waals surface area contributed by atoms with Crippen molar-refractivity contribution in [1.29, 1.82) is 0 Å². The number of carbonyl (C=O) groups is 2. The predicted octanol–water partition coefficient (Wildman–Crippen LogP) is 1.98. The molecule has 0 spiro atoms. The van der Waals surface area contributed by atoms with Gasteiger partial charge in [0.25, 0.3) is 0 Å². The molecular formula is C10H18N2O3. The molecule has 0 atom stereocenters. The van der Waals surface area contributed by atoms with E-state index in [2.05, 4.69) is 0 Å². The third-order valence-corrected chi connectivity index (χ3v) is 2.56. The lowest BCUT2D eigenvalue weighted by Crippen LogP contribution is -2.50. The van der Waals surface area contributed by atoms with E-state index in [-0.39, 0.29) is 12.1 Å². The molecule has 5 nitrogen and oxygen atoms in total. The van der Waals surface area contributed by atoms with Crippen LogP contribution in [-0.4, -0.2) is 46.2 Å². The van der Waals surface area contributed by atoms with E-state index in [1.807, 2.05) is 0 Å². The Labute approximate surface area is 89.7 Å². The zero-order valence-corrected chi connectivity index (χ0v) is 9.27. The molecule has 1 fully saturated rings. The van der Waals surface area contributed by atoms with Gasteiger partial charge < -0.3 is 10.0 Å². The average Bonchev–Trinajstić information content (AvgIpc) is 2.18. The lowest BCUT2D eigenvalue weighted by Gasteiger charge is -2.32. The largest absolute Gasteiger partial charge is 0.465 e. The van der Waals surface area contributed by atoms with Crippen molar-refractivity contribution in [2.45, 2.75) is 39.2 Å². The van der Waals surface area contributed by atoms with Crippen molar-refractivity contribution >= 4 is 12.1 Å². The van der Waals surface area contributed by atoms with Crippen LogP contribution in [0, 0.1) is 0 Å². The summed E-state index contributed by atoms with van der Waals surface area (Å²) in [6, 6.07) is -0.686. The van der Waals surface area contributed by atoms with Crippen molar-refractivity contribution in [2.24, 2.45) is 0 Å². The lowest BCUT2D eigenvalue weighted by molar-refractivity contribution is 0.113. The highest BCUT2D eigenvalue weighted by Crippen LogP contribution is 2.13. The highest BCUT2D eigenvalue weighted by Gasteiger charge is 2.29. The second kappa shape index (κ2) is 5.00. The van der Waals surface area contributed by atoms with Crippen LogP contribution >= 0.6 is 0 Å². The van der Waals surface area contributed by atoms with Crippen LogP contribution < -0.4 is 0 Å². The van der Waals surface area contributed by atoms with Gasteiger partial charge in [-0.25, -0.2) is 14.5 Å². The molecule has 1 N–H and O–H groups in total. The first-order valence-corrected chi connectivity index (χ1v) is 5.35. The third kappa shape index (κ3) is 2.84. The number of rotatable bonds is 1. The molecule has 0 radical (unpaired) electrons. The second-order valence-corrected chi connectivity index (χ2v) is 4.08. The molecule has 1 rings (SSSR count). The van der Waals surface area contributed by atoms with Gasteiger partial charge in [-0.2, -0.15) is 0 Å². The van der Waals surface area contributed by atoms with Crippen molar-refractivity contribution in [2.75, 3.05) is 13.1 Å². The van der Waals surface area contributed by atoms with Gasteiger partial charge in [-0.3, -0.25) is 0 Å². The summed E-state index contributed by atoms with van der Waals surface area (Å²) >= 11 is 0. The molecule has 1 aliphatic rings. The summed E-state index contributed by atoms with van der Waals surface area (Å²) in [7, 11) is 0. The quantitative estimate of drug-likeness (QED) is 0.726. The number of carbonyl (C=O) groups excluding carboxylic acids is 1. The maximum Gasteiger partial charge on any atom is 0.415 e. The molecule has 0 aromatic carbocycles. The standard InChI is InChI=1S/C10H18N2O3/c1-8(2)12(10(14)15)9(13)11-6-4-3-5-7-11/h8H,3-7H2,1-2H3,(H,14,15). The molecule has 0 aromatic rings. The highest BCUT2D eigenvalue weighted by molar-refractivity contribution is 5.90. The fourth-order valence-corrected chi connectivity index (χ4v) is 1.76. The predicted molar refractivity (Wildman–Crippen MR) is 55.8 cm³/mol. The van der Waals surface area contributed by atoms with Gasteiger partial charge in [-0.1, -0.05) is 0 Å². The van der Waals surface area contributed by atoms with Crippen LogP contribution in [0.1, 0.15) is 33.1 Å². The van der Waals surface area contributed by atoms with E-state index >= 15 is 0 Å². The minimum Gasteiger partial charge on any atom is -0.465 e. The Kier molecular flexibility index (Phi) is 3.94. The summed E-state index contributed by atoms with van der Waals surface area (Å²) in [6.07, 6.45) is 1.90. The van der Waals surface area contributed by atoms with Gasteiger partial charge in [0.15, 0.2) is 0 Å². The molecule has 1 aliphatic heterocycles. The van der Waals surface area contributed by atoms with E-state index in [1.54, 1.807) is 18.7 Å². The van der Waals surface area contributed by atoms with Crippen molar-refractivity contribution in [3.63, 3.8) is 0 Å².